The predicted octanol–water partition coefficient (Wildman–Crippen LogP) is 5.36. The zero-order valence-corrected chi connectivity index (χ0v) is 16.8. The highest BCUT2D eigenvalue weighted by atomic mass is 19.4. The maximum atomic E-state index is 13.1. The van der Waals surface area contributed by atoms with Crippen molar-refractivity contribution in [3.63, 3.8) is 0 Å². The van der Waals surface area contributed by atoms with Crippen molar-refractivity contribution >= 4 is 22.6 Å². The number of aryl methyl sites for hydroxylation is 1. The van der Waals surface area contributed by atoms with Crippen LogP contribution in [0, 0.1) is 13.8 Å². The Kier molecular flexibility index (Phi) is 4.44. The summed E-state index contributed by atoms with van der Waals surface area (Å²) >= 11 is 0. The molecule has 0 saturated heterocycles. The monoisotopic (exact) mass is 401 g/mol. The highest BCUT2D eigenvalue weighted by Crippen LogP contribution is 2.33. The van der Waals surface area contributed by atoms with E-state index in [1.165, 1.54) is 6.07 Å². The van der Waals surface area contributed by atoms with E-state index in [0.717, 1.165) is 34.7 Å². The summed E-state index contributed by atoms with van der Waals surface area (Å²) < 4.78 is 43.0. The van der Waals surface area contributed by atoms with E-state index in [9.17, 15) is 18.0 Å². The molecule has 29 heavy (non-hydrogen) atoms. The molecule has 1 aliphatic rings. The molecule has 0 fully saturated rings. The summed E-state index contributed by atoms with van der Waals surface area (Å²) in [6.45, 7) is 8.81. The molecule has 1 aliphatic heterocycles. The number of halogens is 3. The number of rotatable bonds is 2. The van der Waals surface area contributed by atoms with Crippen LogP contribution in [-0.4, -0.2) is 14.1 Å². The summed E-state index contributed by atoms with van der Waals surface area (Å²) in [5.74, 6) is 0.455. The lowest BCUT2D eigenvalue weighted by atomic mass is 10.1. The Labute approximate surface area is 166 Å². The highest BCUT2D eigenvalue weighted by molar-refractivity contribution is 5.85. The minimum atomic E-state index is -4.47. The summed E-state index contributed by atoms with van der Waals surface area (Å²) in [6.07, 6.45) is -1.85. The lowest BCUT2D eigenvalue weighted by Gasteiger charge is -2.13. The number of benzene rings is 1. The lowest BCUT2D eigenvalue weighted by molar-refractivity contribution is -0.137. The van der Waals surface area contributed by atoms with Crippen LogP contribution in [0.15, 0.2) is 29.1 Å². The van der Waals surface area contributed by atoms with Crippen molar-refractivity contribution < 1.29 is 13.2 Å². The molecule has 4 rings (SSSR count). The molecule has 7 heteroatoms. The maximum absolute atomic E-state index is 13.1. The van der Waals surface area contributed by atoms with Gasteiger partial charge < -0.3 is 4.57 Å². The van der Waals surface area contributed by atoms with Crippen LogP contribution in [-0.2, 0) is 12.7 Å². The molecule has 0 radical (unpaired) electrons. The molecule has 0 amide bonds. The summed E-state index contributed by atoms with van der Waals surface area (Å²) in [4.78, 5) is 17.3. The van der Waals surface area contributed by atoms with E-state index < -0.39 is 11.7 Å². The number of allylic oxidation sites excluding steroid dienone is 1. The molecular formula is C22H22F3N3O. The summed E-state index contributed by atoms with van der Waals surface area (Å²) in [7, 11) is 0. The van der Waals surface area contributed by atoms with Crippen LogP contribution in [0.2, 0.25) is 0 Å². The Hall–Kier alpha value is -2.83. The van der Waals surface area contributed by atoms with E-state index in [2.05, 4.69) is 29.5 Å². The molecule has 4 nitrogen and oxygen atoms in total. The van der Waals surface area contributed by atoms with Gasteiger partial charge in [0.25, 0.3) is 5.56 Å². The van der Waals surface area contributed by atoms with Gasteiger partial charge in [0.2, 0.25) is 0 Å². The third kappa shape index (κ3) is 3.18. The molecule has 0 atom stereocenters. The van der Waals surface area contributed by atoms with Gasteiger partial charge in [0, 0.05) is 24.0 Å². The molecule has 0 unspecified atom stereocenters. The van der Waals surface area contributed by atoms with Crippen molar-refractivity contribution in [3.8, 4) is 0 Å². The maximum Gasteiger partial charge on any atom is 0.416 e. The quantitative estimate of drug-likeness (QED) is 0.580. The number of hydrogen-bond donors (Lipinski definition) is 0. The zero-order chi connectivity index (χ0) is 21.1. The van der Waals surface area contributed by atoms with Crippen LogP contribution >= 0.6 is 0 Å². The van der Waals surface area contributed by atoms with Crippen molar-refractivity contribution in [2.24, 2.45) is 0 Å². The van der Waals surface area contributed by atoms with Gasteiger partial charge in [-0.15, -0.1) is 0 Å². The van der Waals surface area contributed by atoms with Crippen molar-refractivity contribution in [2.75, 3.05) is 0 Å². The molecule has 3 heterocycles. The topological polar surface area (TPSA) is 39.8 Å². The van der Waals surface area contributed by atoms with Crippen LogP contribution in [0.3, 0.4) is 0 Å². The highest BCUT2D eigenvalue weighted by Gasteiger charge is 2.31. The van der Waals surface area contributed by atoms with Crippen molar-refractivity contribution in [3.05, 3.63) is 63.0 Å². The number of fused-ring (bicyclic) bond motifs is 2. The average Bonchev–Trinajstić information content (AvgIpc) is 3.15. The minimum absolute atomic E-state index is 0.0801. The number of nitrogens with zero attached hydrogens (tertiary/aromatic N) is 3. The first-order valence-electron chi connectivity index (χ1n) is 9.59. The Morgan fingerprint density at radius 2 is 1.90 bits per heavy atom. The van der Waals surface area contributed by atoms with Gasteiger partial charge in [-0.25, -0.2) is 4.98 Å². The van der Waals surface area contributed by atoms with Crippen LogP contribution in [0.1, 0.15) is 54.6 Å². The normalized spacial score (nSPS) is 15.7. The Morgan fingerprint density at radius 3 is 2.52 bits per heavy atom. The lowest BCUT2D eigenvalue weighted by Crippen LogP contribution is -2.21. The van der Waals surface area contributed by atoms with E-state index in [1.54, 1.807) is 4.57 Å². The number of aromatic nitrogens is 3. The van der Waals surface area contributed by atoms with Crippen LogP contribution in [0.4, 0.5) is 13.2 Å². The van der Waals surface area contributed by atoms with Gasteiger partial charge in [-0.3, -0.25) is 9.36 Å². The van der Waals surface area contributed by atoms with Gasteiger partial charge >= 0.3 is 6.18 Å². The summed E-state index contributed by atoms with van der Waals surface area (Å²) in [5, 5.41) is 0.209. The van der Waals surface area contributed by atoms with E-state index in [-0.39, 0.29) is 16.5 Å². The molecule has 0 spiro atoms. The first-order valence-corrected chi connectivity index (χ1v) is 9.59. The predicted molar refractivity (Wildman–Crippen MR) is 108 cm³/mol. The molecular weight excluding hydrogens is 379 g/mol. The van der Waals surface area contributed by atoms with Gasteiger partial charge in [-0.05, 0) is 75.6 Å². The molecule has 0 N–H and O–H groups in total. The number of alkyl halides is 3. The second-order valence-electron chi connectivity index (χ2n) is 7.83. The molecule has 2 aromatic heterocycles. The summed E-state index contributed by atoms with van der Waals surface area (Å²) in [6, 6.07) is 5.52. The Bertz CT molecular complexity index is 1210. The first-order chi connectivity index (χ1) is 13.6. The third-order valence-corrected chi connectivity index (χ3v) is 5.54. The fourth-order valence-electron chi connectivity index (χ4n) is 4.26. The third-order valence-electron chi connectivity index (χ3n) is 5.54. The first kappa shape index (κ1) is 19.5. The van der Waals surface area contributed by atoms with E-state index in [0.29, 0.717) is 24.8 Å². The van der Waals surface area contributed by atoms with Crippen molar-refractivity contribution in [1.82, 2.24) is 14.1 Å². The Morgan fingerprint density at radius 1 is 1.17 bits per heavy atom. The molecule has 1 aromatic carbocycles. The van der Waals surface area contributed by atoms with E-state index >= 15 is 0 Å². The number of hydrogen-bond acceptors (Lipinski definition) is 2. The fourth-order valence-corrected chi connectivity index (χ4v) is 4.26. The SMILES string of the molecule is Cc1cc(/C=C2\CCn3c2nc2cc(C(F)(F)F)ccc2c3=O)c(C)n1C(C)C. The van der Waals surface area contributed by atoms with Crippen LogP contribution < -0.4 is 5.56 Å². The molecule has 3 aromatic rings. The Balaban J connectivity index is 1.87. The average molecular weight is 401 g/mol. The van der Waals surface area contributed by atoms with Gasteiger partial charge in [0.15, 0.2) is 0 Å². The zero-order valence-electron chi connectivity index (χ0n) is 16.8. The molecule has 152 valence electrons. The van der Waals surface area contributed by atoms with E-state index in [1.807, 2.05) is 19.9 Å². The van der Waals surface area contributed by atoms with Gasteiger partial charge in [0.05, 0.1) is 16.5 Å². The fraction of sp³-hybridized carbons (Fsp3) is 0.364. The molecule has 0 saturated carbocycles. The van der Waals surface area contributed by atoms with Gasteiger partial charge in [-0.1, -0.05) is 0 Å². The second kappa shape index (κ2) is 6.61. The second-order valence-corrected chi connectivity index (χ2v) is 7.83. The van der Waals surface area contributed by atoms with Crippen LogP contribution in [0.5, 0.6) is 0 Å². The largest absolute Gasteiger partial charge is 0.416 e. The van der Waals surface area contributed by atoms with E-state index in [4.69, 9.17) is 0 Å². The minimum Gasteiger partial charge on any atom is -0.346 e. The van der Waals surface area contributed by atoms with Gasteiger partial charge in [0.1, 0.15) is 5.82 Å². The smallest absolute Gasteiger partial charge is 0.346 e. The molecule has 0 bridgehead atoms. The molecule has 0 aliphatic carbocycles. The summed E-state index contributed by atoms with van der Waals surface area (Å²) in [5.41, 5.74) is 3.15. The van der Waals surface area contributed by atoms with Gasteiger partial charge in [-0.2, -0.15) is 13.2 Å². The van der Waals surface area contributed by atoms with Crippen molar-refractivity contribution in [2.45, 2.75) is 52.9 Å². The standard InChI is InChI=1S/C22H22F3N3O/c1-12(2)28-13(3)9-16(14(28)4)10-15-7-8-27-20(15)26-19-11-17(22(23,24)25)5-6-18(19)21(27)29/h5-6,9-12H,7-8H2,1-4H3/b15-10+. The van der Waals surface area contributed by atoms with Crippen LogP contribution in [0.25, 0.3) is 22.6 Å². The van der Waals surface area contributed by atoms with Crippen molar-refractivity contribution in [1.29, 1.82) is 0 Å².